The highest BCUT2D eigenvalue weighted by atomic mass is 32.2. The summed E-state index contributed by atoms with van der Waals surface area (Å²) in [4.78, 5) is 0. The molecule has 0 spiro atoms. The molecular formula is C7H14N2OS. The first kappa shape index (κ1) is 8.87. The van der Waals surface area contributed by atoms with Gasteiger partial charge in [0.2, 0.25) is 0 Å². The molecule has 2 unspecified atom stereocenters. The quantitative estimate of drug-likeness (QED) is 0.488. The van der Waals surface area contributed by atoms with Crippen LogP contribution in [0.4, 0.5) is 0 Å². The fourth-order valence-electron chi connectivity index (χ4n) is 1.19. The van der Waals surface area contributed by atoms with Crippen LogP contribution in [0.5, 0.6) is 0 Å². The molecule has 1 aliphatic rings. The standard InChI is InChI=1S/C7H14N2OS/c1-5-2-3-6(10-5)4-11-7(8)9/h5-6H,2-4H2,1H3,(H3,8,9). The van der Waals surface area contributed by atoms with E-state index in [9.17, 15) is 0 Å². The highest BCUT2D eigenvalue weighted by molar-refractivity contribution is 8.13. The lowest BCUT2D eigenvalue weighted by atomic mass is 10.2. The summed E-state index contributed by atoms with van der Waals surface area (Å²) in [6.45, 7) is 2.08. The van der Waals surface area contributed by atoms with Crippen molar-refractivity contribution in [2.45, 2.75) is 32.0 Å². The van der Waals surface area contributed by atoms with E-state index in [1.54, 1.807) is 0 Å². The Morgan fingerprint density at radius 1 is 1.73 bits per heavy atom. The zero-order valence-corrected chi connectivity index (χ0v) is 7.49. The Bertz CT molecular complexity index is 151. The molecule has 0 amide bonds. The molecule has 2 atom stereocenters. The normalized spacial score (nSPS) is 30.6. The van der Waals surface area contributed by atoms with Crippen LogP contribution in [-0.4, -0.2) is 23.1 Å². The van der Waals surface area contributed by atoms with Crippen molar-refractivity contribution in [2.75, 3.05) is 5.75 Å². The SMILES string of the molecule is CC1CCC(CSC(=N)N)O1. The number of thioether (sulfide) groups is 1. The summed E-state index contributed by atoms with van der Waals surface area (Å²) in [5.41, 5.74) is 5.20. The molecule has 1 aliphatic heterocycles. The minimum Gasteiger partial charge on any atom is -0.379 e. The van der Waals surface area contributed by atoms with E-state index in [0.717, 1.165) is 18.6 Å². The molecule has 0 aromatic heterocycles. The van der Waals surface area contributed by atoms with E-state index in [1.165, 1.54) is 11.8 Å². The molecule has 1 saturated heterocycles. The van der Waals surface area contributed by atoms with Gasteiger partial charge in [0, 0.05) is 5.75 Å². The van der Waals surface area contributed by atoms with Crippen molar-refractivity contribution in [3.05, 3.63) is 0 Å². The molecule has 64 valence electrons. The maximum absolute atomic E-state index is 6.99. The summed E-state index contributed by atoms with van der Waals surface area (Å²) in [7, 11) is 0. The largest absolute Gasteiger partial charge is 0.379 e. The minimum absolute atomic E-state index is 0.188. The molecule has 0 bridgehead atoms. The van der Waals surface area contributed by atoms with Gasteiger partial charge in [-0.2, -0.15) is 0 Å². The fraction of sp³-hybridized carbons (Fsp3) is 0.857. The Hall–Kier alpha value is -0.220. The molecule has 3 N–H and O–H groups in total. The van der Waals surface area contributed by atoms with Crippen molar-refractivity contribution in [3.63, 3.8) is 0 Å². The van der Waals surface area contributed by atoms with Gasteiger partial charge in [-0.3, -0.25) is 5.41 Å². The van der Waals surface area contributed by atoms with Gasteiger partial charge in [-0.05, 0) is 19.8 Å². The summed E-state index contributed by atoms with van der Waals surface area (Å²) >= 11 is 1.37. The third-order valence-electron chi connectivity index (χ3n) is 1.74. The molecule has 1 fully saturated rings. The Labute approximate surface area is 71.2 Å². The van der Waals surface area contributed by atoms with E-state index < -0.39 is 0 Å². The lowest BCUT2D eigenvalue weighted by Gasteiger charge is -2.08. The number of amidine groups is 1. The molecule has 11 heavy (non-hydrogen) atoms. The molecule has 3 nitrogen and oxygen atoms in total. The molecule has 1 rings (SSSR count). The molecule has 0 aliphatic carbocycles. The summed E-state index contributed by atoms with van der Waals surface area (Å²) in [6.07, 6.45) is 2.97. The van der Waals surface area contributed by atoms with Crippen molar-refractivity contribution in [3.8, 4) is 0 Å². The average Bonchev–Trinajstić information content (AvgIpc) is 2.31. The summed E-state index contributed by atoms with van der Waals surface area (Å²) in [5, 5.41) is 7.18. The van der Waals surface area contributed by atoms with Crippen LogP contribution in [0.2, 0.25) is 0 Å². The zero-order valence-electron chi connectivity index (χ0n) is 6.67. The first-order valence-corrected chi connectivity index (χ1v) is 4.79. The van der Waals surface area contributed by atoms with Crippen molar-refractivity contribution in [2.24, 2.45) is 5.73 Å². The van der Waals surface area contributed by atoms with Crippen LogP contribution in [-0.2, 0) is 4.74 Å². The van der Waals surface area contributed by atoms with E-state index >= 15 is 0 Å². The maximum Gasteiger partial charge on any atom is 0.151 e. The lowest BCUT2D eigenvalue weighted by Crippen LogP contribution is -2.14. The summed E-state index contributed by atoms with van der Waals surface area (Å²) < 4.78 is 5.54. The van der Waals surface area contributed by atoms with Gasteiger partial charge in [0.15, 0.2) is 5.17 Å². The number of nitrogens with one attached hydrogen (secondary N) is 1. The maximum atomic E-state index is 6.99. The van der Waals surface area contributed by atoms with Gasteiger partial charge < -0.3 is 10.5 Å². The van der Waals surface area contributed by atoms with Crippen LogP contribution in [0.3, 0.4) is 0 Å². The van der Waals surface area contributed by atoms with Crippen LogP contribution in [0.15, 0.2) is 0 Å². The van der Waals surface area contributed by atoms with Crippen molar-refractivity contribution in [1.29, 1.82) is 5.41 Å². The first-order valence-electron chi connectivity index (χ1n) is 3.80. The van der Waals surface area contributed by atoms with E-state index in [1.807, 2.05) is 0 Å². The van der Waals surface area contributed by atoms with Gasteiger partial charge in [-0.15, -0.1) is 0 Å². The van der Waals surface area contributed by atoms with E-state index in [2.05, 4.69) is 6.92 Å². The molecule has 0 radical (unpaired) electrons. The van der Waals surface area contributed by atoms with Crippen molar-refractivity contribution < 1.29 is 4.74 Å². The predicted octanol–water partition coefficient (Wildman–Crippen LogP) is 1.18. The Morgan fingerprint density at radius 3 is 2.91 bits per heavy atom. The van der Waals surface area contributed by atoms with E-state index in [4.69, 9.17) is 15.9 Å². The lowest BCUT2D eigenvalue weighted by molar-refractivity contribution is 0.0701. The second-order valence-corrected chi connectivity index (χ2v) is 3.88. The predicted molar refractivity (Wildman–Crippen MR) is 47.9 cm³/mol. The summed E-state index contributed by atoms with van der Waals surface area (Å²) in [6, 6.07) is 0. The topological polar surface area (TPSA) is 59.1 Å². The highest BCUT2D eigenvalue weighted by Crippen LogP contribution is 2.21. The molecular weight excluding hydrogens is 160 g/mol. The third kappa shape index (κ3) is 3.12. The van der Waals surface area contributed by atoms with Crippen molar-refractivity contribution in [1.82, 2.24) is 0 Å². The van der Waals surface area contributed by atoms with Crippen molar-refractivity contribution >= 4 is 16.9 Å². The molecule has 1 heterocycles. The Morgan fingerprint density at radius 2 is 2.45 bits per heavy atom. The molecule has 0 aromatic rings. The van der Waals surface area contributed by atoms with Crippen LogP contribution in [0, 0.1) is 5.41 Å². The molecule has 0 saturated carbocycles. The molecule has 0 aromatic carbocycles. The average molecular weight is 174 g/mol. The third-order valence-corrected chi connectivity index (χ3v) is 2.59. The number of ether oxygens (including phenoxy) is 1. The Kier molecular flexibility index (Phi) is 3.20. The van der Waals surface area contributed by atoms with Crippen LogP contribution >= 0.6 is 11.8 Å². The summed E-state index contributed by atoms with van der Waals surface area (Å²) in [5.74, 6) is 0.833. The van der Waals surface area contributed by atoms with Gasteiger partial charge in [-0.1, -0.05) is 11.8 Å². The van der Waals surface area contributed by atoms with Gasteiger partial charge in [0.25, 0.3) is 0 Å². The van der Waals surface area contributed by atoms with Gasteiger partial charge in [0.1, 0.15) is 0 Å². The molecule has 4 heteroatoms. The smallest absolute Gasteiger partial charge is 0.151 e. The monoisotopic (exact) mass is 174 g/mol. The van der Waals surface area contributed by atoms with Crippen LogP contribution < -0.4 is 5.73 Å². The fourth-order valence-corrected chi connectivity index (χ4v) is 1.80. The van der Waals surface area contributed by atoms with Gasteiger partial charge in [0.05, 0.1) is 12.2 Å². The first-order chi connectivity index (χ1) is 5.18. The highest BCUT2D eigenvalue weighted by Gasteiger charge is 2.21. The Balaban J connectivity index is 2.13. The number of hydrogen-bond donors (Lipinski definition) is 2. The van der Waals surface area contributed by atoms with E-state index in [-0.39, 0.29) is 5.17 Å². The number of hydrogen-bond acceptors (Lipinski definition) is 3. The number of nitrogens with two attached hydrogens (primary N) is 1. The second-order valence-electron chi connectivity index (χ2n) is 2.82. The minimum atomic E-state index is 0.188. The van der Waals surface area contributed by atoms with Crippen LogP contribution in [0.1, 0.15) is 19.8 Å². The second kappa shape index (κ2) is 3.97. The number of rotatable bonds is 2. The van der Waals surface area contributed by atoms with Crippen LogP contribution in [0.25, 0.3) is 0 Å². The van der Waals surface area contributed by atoms with Gasteiger partial charge in [-0.25, -0.2) is 0 Å². The zero-order chi connectivity index (χ0) is 8.27. The van der Waals surface area contributed by atoms with Gasteiger partial charge >= 0.3 is 0 Å². The van der Waals surface area contributed by atoms with E-state index in [0.29, 0.717) is 12.2 Å².